The molecule has 0 bridgehead atoms. The number of nitrogens with one attached hydrogen (secondary N) is 2. The van der Waals surface area contributed by atoms with E-state index in [1.54, 1.807) is 0 Å². The van der Waals surface area contributed by atoms with Crippen molar-refractivity contribution in [3.63, 3.8) is 0 Å². The molecule has 0 rings (SSSR count). The van der Waals surface area contributed by atoms with Crippen molar-refractivity contribution in [2.45, 2.75) is 39.0 Å². The van der Waals surface area contributed by atoms with Gasteiger partial charge < -0.3 is 27.0 Å². The van der Waals surface area contributed by atoms with Crippen LogP contribution in [0.2, 0.25) is 0 Å². The Morgan fingerprint density at radius 1 is 1.05 bits per heavy atom. The Labute approximate surface area is 132 Å². The van der Waals surface area contributed by atoms with Gasteiger partial charge in [-0.1, -0.05) is 6.92 Å². The standard InChI is InChI=1S/C14H30N6O2/c1-3-6-12(21)18-11-19-13(22)7-10-20(2)9-5-4-8-17-14(15)16/h3-11H2,1-2H3,(H,18,21)(H,19,22)(H4,15,16,17). The van der Waals surface area contributed by atoms with E-state index in [0.717, 1.165) is 25.8 Å². The van der Waals surface area contributed by atoms with Gasteiger partial charge >= 0.3 is 0 Å². The highest BCUT2D eigenvalue weighted by Gasteiger charge is 2.05. The number of rotatable bonds is 12. The first kappa shape index (κ1) is 20.2. The second-order valence-electron chi connectivity index (χ2n) is 5.19. The van der Waals surface area contributed by atoms with Gasteiger partial charge in [0, 0.05) is 25.9 Å². The predicted octanol–water partition coefficient (Wildman–Crippen LogP) is -0.648. The van der Waals surface area contributed by atoms with Crippen molar-refractivity contribution in [1.82, 2.24) is 15.5 Å². The van der Waals surface area contributed by atoms with Gasteiger partial charge in [0.2, 0.25) is 11.8 Å². The Morgan fingerprint density at radius 2 is 1.68 bits per heavy atom. The fourth-order valence-corrected chi connectivity index (χ4v) is 1.75. The molecule has 6 N–H and O–H groups in total. The second-order valence-corrected chi connectivity index (χ2v) is 5.19. The number of carbonyl (C=O) groups is 2. The Bertz CT molecular complexity index is 355. The second kappa shape index (κ2) is 12.9. The number of guanidine groups is 1. The lowest BCUT2D eigenvalue weighted by Crippen LogP contribution is -2.38. The average molecular weight is 314 g/mol. The van der Waals surface area contributed by atoms with E-state index in [0.29, 0.717) is 25.9 Å². The summed E-state index contributed by atoms with van der Waals surface area (Å²) in [4.78, 5) is 28.8. The Balaban J connectivity index is 3.56. The molecule has 0 fully saturated rings. The van der Waals surface area contributed by atoms with Crippen molar-refractivity contribution in [2.24, 2.45) is 16.5 Å². The van der Waals surface area contributed by atoms with E-state index in [9.17, 15) is 9.59 Å². The van der Waals surface area contributed by atoms with E-state index in [1.165, 1.54) is 0 Å². The number of hydrogen-bond acceptors (Lipinski definition) is 4. The lowest BCUT2D eigenvalue weighted by molar-refractivity contribution is -0.123. The van der Waals surface area contributed by atoms with Crippen LogP contribution in [0, 0.1) is 0 Å². The zero-order chi connectivity index (χ0) is 16.8. The van der Waals surface area contributed by atoms with Crippen LogP contribution in [-0.4, -0.2) is 56.0 Å². The summed E-state index contributed by atoms with van der Waals surface area (Å²) in [7, 11) is 1.97. The molecule has 0 aromatic carbocycles. The highest BCUT2D eigenvalue weighted by molar-refractivity contribution is 5.78. The summed E-state index contributed by atoms with van der Waals surface area (Å²) in [5.74, 6) is 0.0147. The zero-order valence-corrected chi connectivity index (χ0v) is 13.7. The van der Waals surface area contributed by atoms with Crippen LogP contribution in [0.1, 0.15) is 39.0 Å². The van der Waals surface area contributed by atoms with E-state index < -0.39 is 0 Å². The van der Waals surface area contributed by atoms with E-state index in [4.69, 9.17) is 11.5 Å². The molecule has 0 unspecified atom stereocenters. The molecule has 0 aliphatic carbocycles. The fraction of sp³-hybridized carbons (Fsp3) is 0.786. The molecule has 22 heavy (non-hydrogen) atoms. The van der Waals surface area contributed by atoms with Gasteiger partial charge in [0.15, 0.2) is 5.96 Å². The predicted molar refractivity (Wildman–Crippen MR) is 88.1 cm³/mol. The molecule has 2 amide bonds. The molecule has 0 aromatic rings. The summed E-state index contributed by atoms with van der Waals surface area (Å²) in [6.07, 6.45) is 3.58. The maximum Gasteiger partial charge on any atom is 0.222 e. The van der Waals surface area contributed by atoms with Crippen LogP contribution in [-0.2, 0) is 9.59 Å². The summed E-state index contributed by atoms with van der Waals surface area (Å²) in [6, 6.07) is 0. The first-order valence-corrected chi connectivity index (χ1v) is 7.73. The third kappa shape index (κ3) is 13.2. The zero-order valence-electron chi connectivity index (χ0n) is 13.7. The van der Waals surface area contributed by atoms with E-state index in [-0.39, 0.29) is 24.4 Å². The maximum absolute atomic E-state index is 11.6. The highest BCUT2D eigenvalue weighted by atomic mass is 16.2. The number of hydrogen-bond donors (Lipinski definition) is 4. The van der Waals surface area contributed by atoms with E-state index in [2.05, 4.69) is 20.5 Å². The Kier molecular flexibility index (Phi) is 11.8. The monoisotopic (exact) mass is 314 g/mol. The molecule has 0 aliphatic heterocycles. The third-order valence-electron chi connectivity index (χ3n) is 3.01. The Hall–Kier alpha value is -1.83. The Morgan fingerprint density at radius 3 is 2.27 bits per heavy atom. The van der Waals surface area contributed by atoms with Crippen LogP contribution < -0.4 is 22.1 Å². The normalized spacial score (nSPS) is 10.3. The minimum Gasteiger partial charge on any atom is -0.370 e. The minimum atomic E-state index is -0.0656. The summed E-state index contributed by atoms with van der Waals surface area (Å²) < 4.78 is 0. The largest absolute Gasteiger partial charge is 0.370 e. The van der Waals surface area contributed by atoms with Gasteiger partial charge in [-0.2, -0.15) is 0 Å². The van der Waals surface area contributed by atoms with E-state index >= 15 is 0 Å². The number of carbonyl (C=O) groups excluding carboxylic acids is 2. The molecule has 0 radical (unpaired) electrons. The maximum atomic E-state index is 11.6. The van der Waals surface area contributed by atoms with Crippen LogP contribution in [0.5, 0.6) is 0 Å². The van der Waals surface area contributed by atoms with Gasteiger partial charge in [-0.15, -0.1) is 0 Å². The first-order chi connectivity index (χ1) is 10.5. The van der Waals surface area contributed by atoms with Crippen LogP contribution in [0.4, 0.5) is 0 Å². The molecule has 0 saturated carbocycles. The lowest BCUT2D eigenvalue weighted by Gasteiger charge is -2.16. The van der Waals surface area contributed by atoms with Gasteiger partial charge in [-0.25, -0.2) is 0 Å². The smallest absolute Gasteiger partial charge is 0.222 e. The summed E-state index contributed by atoms with van der Waals surface area (Å²) >= 11 is 0. The van der Waals surface area contributed by atoms with Gasteiger partial charge in [-0.05, 0) is 32.9 Å². The summed E-state index contributed by atoms with van der Waals surface area (Å²) in [5.41, 5.74) is 10.5. The average Bonchev–Trinajstić information content (AvgIpc) is 2.44. The molecule has 0 aliphatic rings. The number of aliphatic imine (C=N–C) groups is 1. The topological polar surface area (TPSA) is 126 Å². The first-order valence-electron chi connectivity index (χ1n) is 7.73. The third-order valence-corrected chi connectivity index (χ3v) is 3.01. The van der Waals surface area contributed by atoms with Crippen LogP contribution in [0.25, 0.3) is 0 Å². The van der Waals surface area contributed by atoms with Crippen LogP contribution >= 0.6 is 0 Å². The number of unbranched alkanes of at least 4 members (excludes halogenated alkanes) is 1. The summed E-state index contributed by atoms with van der Waals surface area (Å²) in [6.45, 7) is 4.33. The molecule has 0 saturated heterocycles. The van der Waals surface area contributed by atoms with Crippen molar-refractivity contribution in [3.8, 4) is 0 Å². The van der Waals surface area contributed by atoms with Gasteiger partial charge in [0.1, 0.15) is 0 Å². The summed E-state index contributed by atoms with van der Waals surface area (Å²) in [5, 5.41) is 5.32. The molecule has 0 spiro atoms. The number of amides is 2. The molecule has 0 atom stereocenters. The SMILES string of the molecule is CCCC(=O)NCNC(=O)CCN(C)CCCCN=C(N)N. The van der Waals surface area contributed by atoms with Gasteiger partial charge in [-0.3, -0.25) is 14.6 Å². The lowest BCUT2D eigenvalue weighted by atomic mass is 10.3. The van der Waals surface area contributed by atoms with Crippen molar-refractivity contribution in [1.29, 1.82) is 0 Å². The quantitative estimate of drug-likeness (QED) is 0.165. The van der Waals surface area contributed by atoms with Gasteiger partial charge in [0.05, 0.1) is 6.67 Å². The van der Waals surface area contributed by atoms with E-state index in [1.807, 2.05) is 14.0 Å². The number of nitrogens with two attached hydrogens (primary N) is 2. The highest BCUT2D eigenvalue weighted by Crippen LogP contribution is 1.95. The number of nitrogens with zero attached hydrogens (tertiary/aromatic N) is 2. The molecule has 0 aromatic heterocycles. The van der Waals surface area contributed by atoms with Crippen LogP contribution in [0.3, 0.4) is 0 Å². The molecular formula is C14H30N6O2. The van der Waals surface area contributed by atoms with Crippen LogP contribution in [0.15, 0.2) is 4.99 Å². The van der Waals surface area contributed by atoms with Crippen molar-refractivity contribution >= 4 is 17.8 Å². The molecule has 128 valence electrons. The van der Waals surface area contributed by atoms with Gasteiger partial charge in [0.25, 0.3) is 0 Å². The fourth-order valence-electron chi connectivity index (χ4n) is 1.75. The molecular weight excluding hydrogens is 284 g/mol. The minimum absolute atomic E-state index is 0.0410. The van der Waals surface area contributed by atoms with Crippen molar-refractivity contribution in [2.75, 3.05) is 33.4 Å². The molecule has 8 nitrogen and oxygen atoms in total. The van der Waals surface area contributed by atoms with Crippen molar-refractivity contribution < 1.29 is 9.59 Å². The van der Waals surface area contributed by atoms with Crippen molar-refractivity contribution in [3.05, 3.63) is 0 Å². The molecule has 0 heterocycles. The molecule has 8 heteroatoms.